The van der Waals surface area contributed by atoms with Crippen molar-refractivity contribution in [3.05, 3.63) is 255 Å². The van der Waals surface area contributed by atoms with Crippen LogP contribution >= 0.6 is 0 Å². The van der Waals surface area contributed by atoms with Gasteiger partial charge in [0.2, 0.25) is 5.71 Å². The predicted molar refractivity (Wildman–Crippen MR) is 312 cm³/mol. The summed E-state index contributed by atoms with van der Waals surface area (Å²) in [7, 11) is 0. The van der Waals surface area contributed by atoms with E-state index in [1.807, 2.05) is 60.7 Å². The third-order valence-electron chi connectivity index (χ3n) is 15.3. The zero-order valence-electron chi connectivity index (χ0n) is 40.9. The molecule has 6 heteroatoms. The van der Waals surface area contributed by atoms with Crippen LogP contribution in [0.25, 0.3) is 155 Å². The Labute approximate surface area is 435 Å². The van der Waals surface area contributed by atoms with Crippen molar-refractivity contribution in [1.82, 2.24) is 19.1 Å². The highest BCUT2D eigenvalue weighted by molar-refractivity contribution is 6.15. The number of para-hydroxylation sites is 3. The van der Waals surface area contributed by atoms with Crippen molar-refractivity contribution in [2.45, 2.75) is 0 Å². The van der Waals surface area contributed by atoms with E-state index < -0.39 is 0 Å². The van der Waals surface area contributed by atoms with E-state index in [9.17, 15) is 0 Å². The summed E-state index contributed by atoms with van der Waals surface area (Å²) < 4.78 is 17.6. The van der Waals surface area contributed by atoms with Gasteiger partial charge in [-0.15, -0.1) is 0 Å². The Hall–Kier alpha value is -10.3. The van der Waals surface area contributed by atoms with Crippen LogP contribution in [-0.2, 0) is 0 Å². The van der Waals surface area contributed by atoms with E-state index in [2.05, 4.69) is 203 Å². The molecule has 6 nitrogen and oxygen atoms in total. The molecule has 0 aliphatic heterocycles. The molecule has 16 rings (SSSR count). The lowest BCUT2D eigenvalue weighted by molar-refractivity contribution is 0.653. The topological polar surface area (TPSA) is 61.9 Å². The molecule has 0 radical (unpaired) electrons. The van der Waals surface area contributed by atoms with Crippen molar-refractivity contribution in [3.63, 3.8) is 0 Å². The van der Waals surface area contributed by atoms with Crippen molar-refractivity contribution in [2.75, 3.05) is 0 Å². The van der Waals surface area contributed by atoms with Gasteiger partial charge < -0.3 is 18.0 Å². The molecule has 11 aromatic carbocycles. The van der Waals surface area contributed by atoms with Crippen LogP contribution in [0, 0.1) is 0 Å². The number of hydrogen-bond acceptors (Lipinski definition) is 4. The number of hydrogen-bond donors (Lipinski definition) is 0. The molecule has 0 unspecified atom stereocenters. The van der Waals surface area contributed by atoms with Gasteiger partial charge in [-0.1, -0.05) is 158 Å². The Kier molecular flexibility index (Phi) is 9.23. The van der Waals surface area contributed by atoms with E-state index in [4.69, 9.17) is 18.8 Å². The monoisotopic (exact) mass is 970 g/mol. The Morgan fingerprint density at radius 1 is 0.263 bits per heavy atom. The molecule has 354 valence electrons. The maximum atomic E-state index is 6.56. The predicted octanol–water partition coefficient (Wildman–Crippen LogP) is 18.8. The zero-order valence-corrected chi connectivity index (χ0v) is 40.9. The second-order valence-electron chi connectivity index (χ2n) is 19.7. The highest BCUT2D eigenvalue weighted by Crippen LogP contribution is 2.43. The SMILES string of the molecule is c1ccc(-c2nc(-c3ccccc3)c3c(n2)oc2ccc(-c4cccc(-n5c6ccc(-c7ccc8oc9ccccc9c8c7)cc6c6cc(-c7ccc8c(c7)c7ccccc7n8-c7ccccc7)ccc65)c4)cc23)cc1. The first-order valence-corrected chi connectivity index (χ1v) is 25.7. The van der Waals surface area contributed by atoms with Gasteiger partial charge in [0, 0.05) is 60.2 Å². The smallest absolute Gasteiger partial charge is 0.231 e. The van der Waals surface area contributed by atoms with Gasteiger partial charge in [0.05, 0.1) is 33.1 Å². The Morgan fingerprint density at radius 3 is 1.38 bits per heavy atom. The fourth-order valence-corrected chi connectivity index (χ4v) is 11.8. The van der Waals surface area contributed by atoms with Gasteiger partial charge in [0.1, 0.15) is 16.7 Å². The first kappa shape index (κ1) is 42.2. The fraction of sp³-hybridized carbons (Fsp3) is 0. The van der Waals surface area contributed by atoms with E-state index in [0.29, 0.717) is 11.5 Å². The number of benzene rings is 11. The average molecular weight is 971 g/mol. The highest BCUT2D eigenvalue weighted by Gasteiger charge is 2.21. The summed E-state index contributed by atoms with van der Waals surface area (Å²) in [5.74, 6) is 0.630. The minimum absolute atomic E-state index is 0.564. The van der Waals surface area contributed by atoms with Crippen molar-refractivity contribution < 1.29 is 8.83 Å². The largest absolute Gasteiger partial charge is 0.456 e. The summed E-state index contributed by atoms with van der Waals surface area (Å²) in [4.78, 5) is 10.2. The molecule has 0 bridgehead atoms. The van der Waals surface area contributed by atoms with Crippen molar-refractivity contribution >= 4 is 87.6 Å². The molecule has 0 saturated carbocycles. The normalized spacial score (nSPS) is 11.9. The molecule has 0 spiro atoms. The van der Waals surface area contributed by atoms with Gasteiger partial charge in [0.25, 0.3) is 0 Å². The Balaban J connectivity index is 0.867. The molecule has 5 aromatic heterocycles. The summed E-state index contributed by atoms with van der Waals surface area (Å²) in [6.07, 6.45) is 0. The molecule has 0 aliphatic carbocycles. The molecule has 0 atom stereocenters. The summed E-state index contributed by atoms with van der Waals surface area (Å²) in [6.45, 7) is 0. The lowest BCUT2D eigenvalue weighted by Crippen LogP contribution is -1.95. The summed E-state index contributed by atoms with van der Waals surface area (Å²) >= 11 is 0. The first-order chi connectivity index (χ1) is 37.6. The van der Waals surface area contributed by atoms with Gasteiger partial charge in [0.15, 0.2) is 5.82 Å². The maximum Gasteiger partial charge on any atom is 0.231 e. The van der Waals surface area contributed by atoms with E-state index in [0.717, 1.165) is 105 Å². The molecular weight excluding hydrogens is 929 g/mol. The number of furan rings is 2. The lowest BCUT2D eigenvalue weighted by Gasteiger charge is -2.11. The summed E-state index contributed by atoms with van der Waals surface area (Å²) in [5.41, 5.74) is 19.5. The van der Waals surface area contributed by atoms with Crippen LogP contribution in [-0.4, -0.2) is 19.1 Å². The molecule has 0 N–H and O–H groups in total. The van der Waals surface area contributed by atoms with Gasteiger partial charge in [-0.05, 0) is 130 Å². The zero-order chi connectivity index (χ0) is 49.8. The lowest BCUT2D eigenvalue weighted by atomic mass is 9.98. The van der Waals surface area contributed by atoms with Gasteiger partial charge >= 0.3 is 0 Å². The van der Waals surface area contributed by atoms with Crippen LogP contribution in [0.3, 0.4) is 0 Å². The van der Waals surface area contributed by atoms with E-state index in [1.54, 1.807) is 0 Å². The molecule has 0 aliphatic rings. The van der Waals surface area contributed by atoms with Crippen LogP contribution < -0.4 is 0 Å². The van der Waals surface area contributed by atoms with Crippen LogP contribution in [0.15, 0.2) is 264 Å². The number of aromatic nitrogens is 4. The third kappa shape index (κ3) is 6.61. The second-order valence-corrected chi connectivity index (χ2v) is 19.7. The van der Waals surface area contributed by atoms with Crippen molar-refractivity contribution in [1.29, 1.82) is 0 Å². The maximum absolute atomic E-state index is 6.56. The summed E-state index contributed by atoms with van der Waals surface area (Å²) in [5, 5.41) is 8.91. The minimum Gasteiger partial charge on any atom is -0.456 e. The number of fused-ring (bicyclic) bond motifs is 12. The number of rotatable bonds is 7. The van der Waals surface area contributed by atoms with Gasteiger partial charge in [-0.3, -0.25) is 0 Å². The summed E-state index contributed by atoms with van der Waals surface area (Å²) in [6, 6.07) is 90.8. The van der Waals surface area contributed by atoms with Crippen LogP contribution in [0.5, 0.6) is 0 Å². The highest BCUT2D eigenvalue weighted by atomic mass is 16.3. The van der Waals surface area contributed by atoms with Crippen LogP contribution in [0.2, 0.25) is 0 Å². The Morgan fingerprint density at radius 2 is 0.711 bits per heavy atom. The van der Waals surface area contributed by atoms with Crippen LogP contribution in [0.4, 0.5) is 0 Å². The van der Waals surface area contributed by atoms with Crippen molar-refractivity contribution in [2.24, 2.45) is 0 Å². The first-order valence-electron chi connectivity index (χ1n) is 25.7. The minimum atomic E-state index is 0.564. The van der Waals surface area contributed by atoms with Gasteiger partial charge in [-0.2, -0.15) is 4.98 Å². The molecule has 5 heterocycles. The number of nitrogens with zero attached hydrogens (tertiary/aromatic N) is 4. The molecular formula is C70H42N4O2. The van der Waals surface area contributed by atoms with E-state index in [1.165, 1.54) is 38.1 Å². The standard InChI is InChI=1S/C70H42N4O2/c1-4-15-43(16-5-1)68-67-59-42-50(31-36-66(59)76-70(67)72-69(71-68)44-17-6-2-7-18-44)45-19-14-22-52(37-45)74-62-33-28-47(46-27-32-61-55(38-46)53-23-10-12-25-60(53)73(61)51-20-8-3-9-21-51)39-56(62)57-40-48(29-34-63(57)74)49-30-35-65-58(41-49)54-24-11-13-26-64(54)75-65/h1-42H. The average Bonchev–Trinajstić information content (AvgIpc) is 4.30. The molecule has 76 heavy (non-hydrogen) atoms. The van der Waals surface area contributed by atoms with Crippen LogP contribution in [0.1, 0.15) is 0 Å². The molecule has 0 fully saturated rings. The fourth-order valence-electron chi connectivity index (χ4n) is 11.8. The van der Waals surface area contributed by atoms with Crippen molar-refractivity contribution in [3.8, 4) is 67.4 Å². The molecule has 0 amide bonds. The van der Waals surface area contributed by atoms with Gasteiger partial charge in [-0.25, -0.2) is 4.98 Å². The third-order valence-corrected chi connectivity index (χ3v) is 15.3. The Bertz CT molecular complexity index is 4990. The van der Waals surface area contributed by atoms with E-state index in [-0.39, 0.29) is 0 Å². The molecule has 0 saturated heterocycles. The van der Waals surface area contributed by atoms with E-state index >= 15 is 0 Å². The second kappa shape index (κ2) is 16.6. The quantitative estimate of drug-likeness (QED) is 0.160. The molecule has 16 aromatic rings.